The Hall–Kier alpha value is -0.880. The fourth-order valence-electron chi connectivity index (χ4n) is 10.5. The number of hydrogen-bond acceptors (Lipinski definition) is 6. The molecular formula is C50H92O6P2S2. The normalized spacial score (nSPS) is 14.2. The molecule has 0 radical (unpaired) electrons. The third-order valence-corrected chi connectivity index (χ3v) is 32.3. The van der Waals surface area contributed by atoms with E-state index >= 15 is 0 Å². The molecular weight excluding hydrogens is 823 g/mol. The van der Waals surface area contributed by atoms with Crippen molar-refractivity contribution in [1.82, 2.24) is 0 Å². The predicted octanol–water partition coefficient (Wildman–Crippen LogP) is 15.7. The van der Waals surface area contributed by atoms with E-state index in [1.165, 1.54) is 0 Å². The van der Waals surface area contributed by atoms with Gasteiger partial charge in [0.15, 0.2) is 0 Å². The van der Waals surface area contributed by atoms with Crippen molar-refractivity contribution in [2.24, 2.45) is 0 Å². The second-order valence-corrected chi connectivity index (χ2v) is 34.1. The second kappa shape index (κ2) is 25.0. The van der Waals surface area contributed by atoms with Gasteiger partial charge in [-0.15, -0.1) is 0 Å². The Kier molecular flexibility index (Phi) is 23.0. The van der Waals surface area contributed by atoms with Crippen LogP contribution in [0.15, 0.2) is 34.1 Å². The summed E-state index contributed by atoms with van der Waals surface area (Å²) in [5, 5.41) is 0. The van der Waals surface area contributed by atoms with Gasteiger partial charge in [0.1, 0.15) is 0 Å². The first-order chi connectivity index (χ1) is 28.3. The molecule has 0 heterocycles. The Labute approximate surface area is 372 Å². The van der Waals surface area contributed by atoms with Gasteiger partial charge in [-0.2, -0.15) is 0 Å². The van der Waals surface area contributed by atoms with Gasteiger partial charge >= 0.3 is 374 Å². The van der Waals surface area contributed by atoms with Crippen LogP contribution in [-0.2, 0) is 28.2 Å². The molecule has 2 aromatic carbocycles. The van der Waals surface area contributed by atoms with Crippen LogP contribution in [0.4, 0.5) is 0 Å². The number of rotatable bonds is 33. The van der Waals surface area contributed by atoms with E-state index in [-0.39, 0.29) is 0 Å². The zero-order chi connectivity index (χ0) is 45.1. The molecule has 0 N–H and O–H groups in total. The maximum atomic E-state index is 14.6. The molecule has 0 atom stereocenters. The van der Waals surface area contributed by atoms with Crippen molar-refractivity contribution in [3.63, 3.8) is 0 Å². The second-order valence-electron chi connectivity index (χ2n) is 19.3. The molecule has 0 aromatic heterocycles. The van der Waals surface area contributed by atoms with E-state index in [9.17, 15) is 16.8 Å². The molecule has 0 fully saturated rings. The zero-order valence-electron chi connectivity index (χ0n) is 40.9. The van der Waals surface area contributed by atoms with E-state index in [4.69, 9.17) is 7.94 Å². The molecule has 60 heavy (non-hydrogen) atoms. The Morgan fingerprint density at radius 3 is 0.767 bits per heavy atom. The number of benzene rings is 2. The van der Waals surface area contributed by atoms with Crippen LogP contribution < -0.4 is 0 Å². The maximum absolute atomic E-state index is 14.6. The van der Waals surface area contributed by atoms with Crippen molar-refractivity contribution < 1.29 is 24.8 Å². The minimum absolute atomic E-state index is 0.376. The van der Waals surface area contributed by atoms with Crippen molar-refractivity contribution >= 4 is 33.9 Å². The summed E-state index contributed by atoms with van der Waals surface area (Å²) in [5.74, 6) is 0. The van der Waals surface area contributed by atoms with Crippen molar-refractivity contribution in [3.8, 4) is 0 Å². The van der Waals surface area contributed by atoms with Crippen LogP contribution in [0.3, 0.4) is 0 Å². The molecule has 0 bridgehead atoms. The summed E-state index contributed by atoms with van der Waals surface area (Å²) < 4.78 is 72.4. The van der Waals surface area contributed by atoms with Crippen LogP contribution in [-0.4, -0.2) is 66.1 Å². The first-order valence-corrected chi connectivity index (χ1v) is 33.0. The third kappa shape index (κ3) is 15.4. The first kappa shape index (κ1) is 55.3. The van der Waals surface area contributed by atoms with Crippen LogP contribution in [0, 0.1) is 41.5 Å². The number of aryl methyl sites for hydroxylation is 6. The molecule has 0 aliphatic heterocycles. The van der Waals surface area contributed by atoms with Gasteiger partial charge < -0.3 is 0 Å². The van der Waals surface area contributed by atoms with Crippen molar-refractivity contribution in [3.05, 3.63) is 57.6 Å². The fourth-order valence-corrected chi connectivity index (χ4v) is 31.1. The van der Waals surface area contributed by atoms with Gasteiger partial charge in [-0.05, 0) is 0 Å². The Morgan fingerprint density at radius 1 is 0.350 bits per heavy atom. The van der Waals surface area contributed by atoms with Crippen LogP contribution in [0.5, 0.6) is 0 Å². The minimum atomic E-state index is -3.97. The van der Waals surface area contributed by atoms with E-state index in [1.807, 2.05) is 65.8 Å². The molecule has 350 valence electrons. The molecule has 0 aliphatic rings. The first-order valence-electron chi connectivity index (χ1n) is 24.4. The van der Waals surface area contributed by atoms with Crippen molar-refractivity contribution in [2.45, 2.75) is 208 Å². The molecule has 10 heteroatoms. The standard InChI is InChI=1S/C50H92O6P2S2/c1-13-19-31-57(32-20-14-2,33-21-15-3,55-59(51,52)49-45(9)39-43(7)40-46(49)10)37-29-27-25-26-28-30-38-58(34-22-16-4,35-23-17-5,36-24-18-6)56-60(53,54)50-47(11)41-44(8)42-48(50)12/h39-42H,13-38H2,1-12H3. The van der Waals surface area contributed by atoms with Gasteiger partial charge in [-0.3, -0.25) is 0 Å². The van der Waals surface area contributed by atoms with Gasteiger partial charge in [-0.25, -0.2) is 0 Å². The molecule has 2 rings (SSSR count). The molecule has 0 unspecified atom stereocenters. The Bertz CT molecular complexity index is 1610. The van der Waals surface area contributed by atoms with E-state index in [0.717, 1.165) is 198 Å². The quantitative estimate of drug-likeness (QED) is 0.0524. The van der Waals surface area contributed by atoms with Gasteiger partial charge in [0.2, 0.25) is 0 Å². The van der Waals surface area contributed by atoms with E-state index in [1.54, 1.807) is 0 Å². The molecule has 0 saturated heterocycles. The van der Waals surface area contributed by atoms with Crippen LogP contribution >= 0.6 is 13.7 Å². The predicted molar refractivity (Wildman–Crippen MR) is 268 cm³/mol. The summed E-state index contributed by atoms with van der Waals surface area (Å²) in [6, 6.07) is 7.91. The average Bonchev–Trinajstić information content (AvgIpc) is 3.16. The number of hydrogen-bond donors (Lipinski definition) is 0. The SMILES string of the molecule is CCCCP(CCCC)(CCCC)(CCCCCCCCP(CCCC)(CCCC)(CCCC)OS(=O)(=O)c1c(C)cc(C)cc1C)OS(=O)(=O)c1c(C)cc(C)cc1C. The monoisotopic (exact) mass is 915 g/mol. The molecule has 0 saturated carbocycles. The van der Waals surface area contributed by atoms with Crippen LogP contribution in [0.2, 0.25) is 0 Å². The van der Waals surface area contributed by atoms with Gasteiger partial charge in [0.25, 0.3) is 0 Å². The number of unbranched alkanes of at least 4 members (excludes halogenated alkanes) is 11. The van der Waals surface area contributed by atoms with Gasteiger partial charge in [-0.1, -0.05) is 0 Å². The fraction of sp³-hybridized carbons (Fsp3) is 0.760. The van der Waals surface area contributed by atoms with Crippen LogP contribution in [0.1, 0.15) is 190 Å². The van der Waals surface area contributed by atoms with E-state index in [0.29, 0.717) is 9.79 Å². The van der Waals surface area contributed by atoms with Crippen LogP contribution in [0.25, 0.3) is 0 Å². The third-order valence-electron chi connectivity index (χ3n) is 13.5. The average molecular weight is 915 g/mol. The van der Waals surface area contributed by atoms with Gasteiger partial charge in [0, 0.05) is 0 Å². The molecule has 6 nitrogen and oxygen atoms in total. The summed E-state index contributed by atoms with van der Waals surface area (Å²) >= 11 is 0. The Morgan fingerprint density at radius 2 is 0.550 bits per heavy atom. The summed E-state index contributed by atoms with van der Waals surface area (Å²) in [4.78, 5) is 0.753. The zero-order valence-corrected chi connectivity index (χ0v) is 44.3. The topological polar surface area (TPSA) is 86.7 Å². The van der Waals surface area contributed by atoms with Crippen molar-refractivity contribution in [2.75, 3.05) is 49.3 Å². The molecule has 0 aliphatic carbocycles. The summed E-state index contributed by atoms with van der Waals surface area (Å²) in [6.07, 6.45) is 25.4. The Balaban J connectivity index is 2.41. The van der Waals surface area contributed by atoms with E-state index < -0.39 is 33.9 Å². The van der Waals surface area contributed by atoms with Gasteiger partial charge in [0.05, 0.1) is 0 Å². The molecule has 0 amide bonds. The summed E-state index contributed by atoms with van der Waals surface area (Å²) in [7, 11) is -7.94. The molecule has 0 spiro atoms. The molecule has 2 aromatic rings. The summed E-state index contributed by atoms with van der Waals surface area (Å²) in [5.41, 5.74) is 5.26. The summed E-state index contributed by atoms with van der Waals surface area (Å²) in [6.45, 7) is 18.7. The van der Waals surface area contributed by atoms with Crippen molar-refractivity contribution in [1.29, 1.82) is 0 Å². The van der Waals surface area contributed by atoms with E-state index in [2.05, 4.69) is 41.5 Å².